The number of anilines is 1. The van der Waals surface area contributed by atoms with E-state index in [-0.39, 0.29) is 17.4 Å². The fraction of sp³-hybridized carbons (Fsp3) is 0.304. The number of rotatable bonds is 9. The molecule has 3 aromatic rings. The Hall–Kier alpha value is -3.33. The molecule has 1 unspecified atom stereocenters. The standard InChI is InChI=1S/C23H27N5O3S/c1-4-28-22(31)17-10-5-6-11-18(17)25-23(28)27-26-21(30)19(12-13-32-3)24-20(29)16-9-7-8-15(2)14-16/h5-11,14,19H,4,12-13H2,1-3H3,(H,24,29)(H,25,27)(H,26,30). The maximum Gasteiger partial charge on any atom is 0.262 e. The van der Waals surface area contributed by atoms with E-state index in [0.29, 0.717) is 35.2 Å². The second kappa shape index (κ2) is 10.8. The fourth-order valence-corrected chi connectivity index (χ4v) is 3.77. The van der Waals surface area contributed by atoms with E-state index < -0.39 is 11.9 Å². The molecule has 0 radical (unpaired) electrons. The normalized spacial score (nSPS) is 11.7. The Morgan fingerprint density at radius 1 is 1.16 bits per heavy atom. The molecule has 2 amide bonds. The highest BCUT2D eigenvalue weighted by Gasteiger charge is 2.22. The van der Waals surface area contributed by atoms with Crippen molar-refractivity contribution < 1.29 is 9.59 Å². The first-order valence-corrected chi connectivity index (χ1v) is 11.8. The summed E-state index contributed by atoms with van der Waals surface area (Å²) in [5, 5.41) is 3.32. The number of fused-ring (bicyclic) bond motifs is 1. The number of nitrogens with zero attached hydrogens (tertiary/aromatic N) is 2. The minimum atomic E-state index is -0.745. The molecular formula is C23H27N5O3S. The Morgan fingerprint density at radius 2 is 1.94 bits per heavy atom. The number of hydrogen-bond acceptors (Lipinski definition) is 6. The average Bonchev–Trinajstić information content (AvgIpc) is 2.80. The van der Waals surface area contributed by atoms with Crippen molar-refractivity contribution in [3.63, 3.8) is 0 Å². The second-order valence-electron chi connectivity index (χ2n) is 7.29. The van der Waals surface area contributed by atoms with Gasteiger partial charge in [-0.2, -0.15) is 11.8 Å². The number of amides is 2. The Labute approximate surface area is 190 Å². The van der Waals surface area contributed by atoms with Gasteiger partial charge in [0, 0.05) is 12.1 Å². The van der Waals surface area contributed by atoms with Crippen molar-refractivity contribution in [2.75, 3.05) is 17.4 Å². The molecule has 0 bridgehead atoms. The molecule has 0 aliphatic carbocycles. The van der Waals surface area contributed by atoms with Crippen molar-refractivity contribution in [3.8, 4) is 0 Å². The lowest BCUT2D eigenvalue weighted by molar-refractivity contribution is -0.122. The Bertz CT molecular complexity index is 1180. The first-order chi connectivity index (χ1) is 15.4. The van der Waals surface area contributed by atoms with Crippen molar-refractivity contribution in [1.82, 2.24) is 20.3 Å². The number of aromatic nitrogens is 2. The van der Waals surface area contributed by atoms with Gasteiger partial charge in [0.15, 0.2) is 0 Å². The third-order valence-electron chi connectivity index (χ3n) is 4.99. The maximum atomic E-state index is 12.9. The van der Waals surface area contributed by atoms with Crippen LogP contribution in [0.15, 0.2) is 53.3 Å². The van der Waals surface area contributed by atoms with Gasteiger partial charge in [-0.05, 0) is 56.5 Å². The van der Waals surface area contributed by atoms with Gasteiger partial charge in [-0.1, -0.05) is 29.8 Å². The third kappa shape index (κ3) is 5.47. The maximum absolute atomic E-state index is 12.9. The van der Waals surface area contributed by atoms with Crippen molar-refractivity contribution in [1.29, 1.82) is 0 Å². The predicted molar refractivity (Wildman–Crippen MR) is 129 cm³/mol. The topological polar surface area (TPSA) is 105 Å². The van der Waals surface area contributed by atoms with Gasteiger partial charge < -0.3 is 5.32 Å². The van der Waals surface area contributed by atoms with E-state index in [1.807, 2.05) is 26.2 Å². The van der Waals surface area contributed by atoms with Crippen molar-refractivity contribution in [2.45, 2.75) is 32.9 Å². The SMILES string of the molecule is CCn1c(NNC(=O)C(CCSC)NC(=O)c2cccc(C)c2)nc2ccccc2c1=O. The lowest BCUT2D eigenvalue weighted by atomic mass is 10.1. The van der Waals surface area contributed by atoms with Crippen LogP contribution in [0.25, 0.3) is 10.9 Å². The number of hydrazine groups is 1. The molecule has 8 nitrogen and oxygen atoms in total. The van der Waals surface area contributed by atoms with E-state index >= 15 is 0 Å². The molecule has 2 aromatic carbocycles. The van der Waals surface area contributed by atoms with Gasteiger partial charge in [0.25, 0.3) is 17.4 Å². The zero-order chi connectivity index (χ0) is 23.1. The largest absolute Gasteiger partial charge is 0.340 e. The molecule has 0 saturated heterocycles. The molecule has 0 fully saturated rings. The van der Waals surface area contributed by atoms with E-state index in [4.69, 9.17) is 0 Å². The monoisotopic (exact) mass is 453 g/mol. The smallest absolute Gasteiger partial charge is 0.262 e. The molecular weight excluding hydrogens is 426 g/mol. The van der Waals surface area contributed by atoms with Gasteiger partial charge in [-0.15, -0.1) is 0 Å². The number of carbonyl (C=O) groups excluding carboxylic acids is 2. The highest BCUT2D eigenvalue weighted by Crippen LogP contribution is 2.11. The van der Waals surface area contributed by atoms with Crippen LogP contribution in [-0.4, -0.2) is 39.4 Å². The quantitative estimate of drug-likeness (QED) is 0.430. The molecule has 3 rings (SSSR count). The van der Waals surface area contributed by atoms with Crippen LogP contribution in [0.3, 0.4) is 0 Å². The number of aryl methyl sites for hydroxylation is 1. The van der Waals surface area contributed by atoms with E-state index in [0.717, 1.165) is 5.56 Å². The number of thioether (sulfide) groups is 1. The molecule has 9 heteroatoms. The lowest BCUT2D eigenvalue weighted by Gasteiger charge is -2.20. The molecule has 32 heavy (non-hydrogen) atoms. The molecule has 1 heterocycles. The van der Waals surface area contributed by atoms with E-state index in [1.165, 1.54) is 4.57 Å². The van der Waals surface area contributed by atoms with Crippen LogP contribution in [0, 0.1) is 6.92 Å². The van der Waals surface area contributed by atoms with Gasteiger partial charge in [-0.3, -0.25) is 29.8 Å². The van der Waals surface area contributed by atoms with Crippen molar-refractivity contribution >= 4 is 40.4 Å². The molecule has 0 aliphatic rings. The van der Waals surface area contributed by atoms with Gasteiger partial charge in [0.05, 0.1) is 10.9 Å². The first-order valence-electron chi connectivity index (χ1n) is 10.4. The fourth-order valence-electron chi connectivity index (χ4n) is 3.29. The molecule has 1 aromatic heterocycles. The number of carbonyl (C=O) groups is 2. The van der Waals surface area contributed by atoms with Gasteiger partial charge >= 0.3 is 0 Å². The lowest BCUT2D eigenvalue weighted by Crippen LogP contribution is -2.49. The number of para-hydroxylation sites is 1. The Balaban J connectivity index is 1.76. The number of hydrogen-bond donors (Lipinski definition) is 3. The highest BCUT2D eigenvalue weighted by molar-refractivity contribution is 7.98. The molecule has 0 saturated carbocycles. The summed E-state index contributed by atoms with van der Waals surface area (Å²) in [6.07, 6.45) is 2.40. The zero-order valence-electron chi connectivity index (χ0n) is 18.3. The minimum absolute atomic E-state index is 0.193. The summed E-state index contributed by atoms with van der Waals surface area (Å²) in [4.78, 5) is 42.8. The minimum Gasteiger partial charge on any atom is -0.340 e. The molecule has 1 atom stereocenters. The Kier molecular flexibility index (Phi) is 7.88. The molecule has 168 valence electrons. The number of benzene rings is 2. The van der Waals surface area contributed by atoms with Crippen LogP contribution >= 0.6 is 11.8 Å². The van der Waals surface area contributed by atoms with Crippen molar-refractivity contribution in [2.24, 2.45) is 0 Å². The first kappa shape index (κ1) is 23.3. The number of nitrogens with one attached hydrogen (secondary N) is 3. The molecule has 0 aliphatic heterocycles. The summed E-state index contributed by atoms with van der Waals surface area (Å²) in [6.45, 7) is 4.12. The molecule has 3 N–H and O–H groups in total. The van der Waals surface area contributed by atoms with E-state index in [9.17, 15) is 14.4 Å². The second-order valence-corrected chi connectivity index (χ2v) is 8.28. The van der Waals surface area contributed by atoms with Crippen LogP contribution in [0.2, 0.25) is 0 Å². The Morgan fingerprint density at radius 3 is 2.66 bits per heavy atom. The van der Waals surface area contributed by atoms with Crippen LogP contribution in [0.5, 0.6) is 0 Å². The summed E-state index contributed by atoms with van der Waals surface area (Å²) in [5.74, 6) is 0.202. The van der Waals surface area contributed by atoms with Gasteiger partial charge in [0.2, 0.25) is 5.95 Å². The van der Waals surface area contributed by atoms with Gasteiger partial charge in [0.1, 0.15) is 6.04 Å². The zero-order valence-corrected chi connectivity index (χ0v) is 19.2. The van der Waals surface area contributed by atoms with Crippen molar-refractivity contribution in [3.05, 3.63) is 70.0 Å². The predicted octanol–water partition coefficient (Wildman–Crippen LogP) is 2.72. The summed E-state index contributed by atoms with van der Waals surface area (Å²) in [6, 6.07) is 13.5. The van der Waals surface area contributed by atoms with E-state index in [1.54, 1.807) is 54.2 Å². The summed E-state index contributed by atoms with van der Waals surface area (Å²) < 4.78 is 1.45. The highest BCUT2D eigenvalue weighted by atomic mass is 32.2. The van der Waals surface area contributed by atoms with Crippen LogP contribution in [0.4, 0.5) is 5.95 Å². The van der Waals surface area contributed by atoms with Gasteiger partial charge in [-0.25, -0.2) is 4.98 Å². The van der Waals surface area contributed by atoms with Crippen LogP contribution < -0.4 is 21.7 Å². The third-order valence-corrected chi connectivity index (χ3v) is 5.63. The van der Waals surface area contributed by atoms with Crippen LogP contribution in [-0.2, 0) is 11.3 Å². The summed E-state index contributed by atoms with van der Waals surface area (Å²) in [7, 11) is 0. The molecule has 0 spiro atoms. The van der Waals surface area contributed by atoms with Crippen LogP contribution in [0.1, 0.15) is 29.3 Å². The summed E-state index contributed by atoms with van der Waals surface area (Å²) in [5.41, 5.74) is 7.18. The van der Waals surface area contributed by atoms with E-state index in [2.05, 4.69) is 21.2 Å². The summed E-state index contributed by atoms with van der Waals surface area (Å²) >= 11 is 1.59. The average molecular weight is 454 g/mol.